The van der Waals surface area contributed by atoms with Crippen molar-refractivity contribution in [3.05, 3.63) is 42.5 Å². The number of benzene rings is 1. The van der Waals surface area contributed by atoms with Crippen molar-refractivity contribution in [2.24, 2.45) is 0 Å². The molecule has 1 aromatic rings. The summed E-state index contributed by atoms with van der Waals surface area (Å²) in [5, 5.41) is 2.51. The number of hydrogen-bond donors (Lipinski definition) is 2. The Labute approximate surface area is 137 Å². The van der Waals surface area contributed by atoms with Gasteiger partial charge >= 0.3 is 0 Å². The molecule has 0 aliphatic carbocycles. The van der Waals surface area contributed by atoms with Gasteiger partial charge in [0.15, 0.2) is 6.54 Å². The van der Waals surface area contributed by atoms with Crippen LogP contribution in [0.15, 0.2) is 36.9 Å². The Kier molecular flexibility index (Phi) is 7.83. The second kappa shape index (κ2) is 9.63. The van der Waals surface area contributed by atoms with Crippen LogP contribution in [0.1, 0.15) is 5.56 Å². The van der Waals surface area contributed by atoms with Gasteiger partial charge in [0.1, 0.15) is 18.9 Å². The number of ether oxygens (including phenoxy) is 1. The molecule has 23 heavy (non-hydrogen) atoms. The van der Waals surface area contributed by atoms with E-state index in [9.17, 15) is 9.59 Å². The molecule has 0 fully saturated rings. The largest absolute Gasteiger partial charge is 0.490 e. The van der Waals surface area contributed by atoms with Gasteiger partial charge in [-0.05, 0) is 24.3 Å². The smallest absolute Gasteiger partial charge is 0.277 e. The first-order valence-corrected chi connectivity index (χ1v) is 7.54. The molecule has 0 radical (unpaired) electrons. The SMILES string of the molecule is C=CCOc1ccc(C[NH+](C)CC(=O)N(C)CC(=O)NC)cc1. The molecule has 0 spiro atoms. The molecule has 1 aromatic carbocycles. The van der Waals surface area contributed by atoms with Crippen molar-refractivity contribution in [1.29, 1.82) is 0 Å². The highest BCUT2D eigenvalue weighted by Crippen LogP contribution is 2.11. The van der Waals surface area contributed by atoms with Crippen molar-refractivity contribution in [3.8, 4) is 5.75 Å². The Morgan fingerprint density at radius 3 is 2.57 bits per heavy atom. The van der Waals surface area contributed by atoms with Gasteiger partial charge < -0.3 is 19.9 Å². The van der Waals surface area contributed by atoms with Gasteiger partial charge in [-0.15, -0.1) is 0 Å². The highest BCUT2D eigenvalue weighted by Gasteiger charge is 2.16. The van der Waals surface area contributed by atoms with Crippen LogP contribution in [0.2, 0.25) is 0 Å². The molecule has 0 aliphatic heterocycles. The number of amides is 2. The summed E-state index contributed by atoms with van der Waals surface area (Å²) in [5.74, 6) is 0.568. The summed E-state index contributed by atoms with van der Waals surface area (Å²) >= 11 is 0. The Morgan fingerprint density at radius 2 is 2.00 bits per heavy atom. The first-order valence-electron chi connectivity index (χ1n) is 7.54. The molecule has 0 aromatic heterocycles. The fourth-order valence-electron chi connectivity index (χ4n) is 2.05. The normalized spacial score (nSPS) is 11.4. The molecule has 6 nitrogen and oxygen atoms in total. The summed E-state index contributed by atoms with van der Waals surface area (Å²) in [7, 11) is 5.14. The topological polar surface area (TPSA) is 63.1 Å². The van der Waals surface area contributed by atoms with E-state index in [4.69, 9.17) is 4.74 Å². The number of rotatable bonds is 9. The molecule has 1 rings (SSSR count). The fraction of sp³-hybridized carbons (Fsp3) is 0.412. The summed E-state index contributed by atoms with van der Waals surface area (Å²) in [6.07, 6.45) is 1.70. The molecule has 0 bridgehead atoms. The summed E-state index contributed by atoms with van der Waals surface area (Å²) in [4.78, 5) is 25.8. The quantitative estimate of drug-likeness (QED) is 0.601. The Hall–Kier alpha value is -2.34. The van der Waals surface area contributed by atoms with E-state index in [0.29, 0.717) is 13.2 Å². The van der Waals surface area contributed by atoms with Gasteiger partial charge in [0.05, 0.1) is 13.6 Å². The minimum Gasteiger partial charge on any atom is -0.490 e. The van der Waals surface area contributed by atoms with E-state index in [1.54, 1.807) is 20.2 Å². The van der Waals surface area contributed by atoms with Gasteiger partial charge in [-0.25, -0.2) is 0 Å². The minimum absolute atomic E-state index is 0.0583. The maximum absolute atomic E-state index is 12.1. The molecule has 0 aliphatic rings. The third-order valence-electron chi connectivity index (χ3n) is 3.34. The predicted molar refractivity (Wildman–Crippen MR) is 89.3 cm³/mol. The first-order chi connectivity index (χ1) is 11.0. The van der Waals surface area contributed by atoms with Crippen LogP contribution in [0.4, 0.5) is 0 Å². The molecule has 2 N–H and O–H groups in total. The van der Waals surface area contributed by atoms with Crippen molar-refractivity contribution < 1.29 is 19.2 Å². The van der Waals surface area contributed by atoms with Gasteiger partial charge in [0.25, 0.3) is 5.91 Å². The fourth-order valence-corrected chi connectivity index (χ4v) is 2.05. The highest BCUT2D eigenvalue weighted by atomic mass is 16.5. The van der Waals surface area contributed by atoms with E-state index in [-0.39, 0.29) is 18.4 Å². The van der Waals surface area contributed by atoms with Gasteiger partial charge in [0.2, 0.25) is 5.91 Å². The molecule has 0 heterocycles. The van der Waals surface area contributed by atoms with Crippen LogP contribution in [0.5, 0.6) is 5.75 Å². The lowest BCUT2D eigenvalue weighted by atomic mass is 10.2. The van der Waals surface area contributed by atoms with Crippen molar-refractivity contribution in [3.63, 3.8) is 0 Å². The van der Waals surface area contributed by atoms with Crippen LogP contribution in [-0.4, -0.2) is 57.6 Å². The first kappa shape index (κ1) is 18.7. The lowest BCUT2D eigenvalue weighted by Crippen LogP contribution is -3.08. The Bertz CT molecular complexity index is 528. The van der Waals surface area contributed by atoms with E-state index in [0.717, 1.165) is 22.8 Å². The van der Waals surface area contributed by atoms with Gasteiger partial charge in [0, 0.05) is 19.7 Å². The lowest BCUT2D eigenvalue weighted by molar-refractivity contribution is -0.885. The van der Waals surface area contributed by atoms with Crippen molar-refractivity contribution in [1.82, 2.24) is 10.2 Å². The van der Waals surface area contributed by atoms with Gasteiger partial charge in [-0.3, -0.25) is 9.59 Å². The molecule has 6 heteroatoms. The van der Waals surface area contributed by atoms with Crippen LogP contribution >= 0.6 is 0 Å². The number of nitrogens with zero attached hydrogens (tertiary/aromatic N) is 1. The van der Waals surface area contributed by atoms with Crippen LogP contribution < -0.4 is 15.0 Å². The van der Waals surface area contributed by atoms with E-state index < -0.39 is 0 Å². The second-order valence-electron chi connectivity index (χ2n) is 5.48. The maximum Gasteiger partial charge on any atom is 0.277 e. The average molecular weight is 320 g/mol. The molecule has 2 amide bonds. The van der Waals surface area contributed by atoms with Crippen LogP contribution in [0.3, 0.4) is 0 Å². The van der Waals surface area contributed by atoms with Gasteiger partial charge in [-0.2, -0.15) is 0 Å². The van der Waals surface area contributed by atoms with Gasteiger partial charge in [-0.1, -0.05) is 12.7 Å². The monoisotopic (exact) mass is 320 g/mol. The van der Waals surface area contributed by atoms with Crippen LogP contribution in [0, 0.1) is 0 Å². The molecule has 1 atom stereocenters. The average Bonchev–Trinajstić information content (AvgIpc) is 2.53. The van der Waals surface area contributed by atoms with Crippen molar-refractivity contribution in [2.75, 3.05) is 40.8 Å². The van der Waals surface area contributed by atoms with Crippen molar-refractivity contribution in [2.45, 2.75) is 6.54 Å². The summed E-state index contributed by atoms with van der Waals surface area (Å²) in [6.45, 7) is 5.23. The summed E-state index contributed by atoms with van der Waals surface area (Å²) in [5.41, 5.74) is 1.12. The summed E-state index contributed by atoms with van der Waals surface area (Å²) in [6, 6.07) is 7.79. The number of quaternary nitrogens is 1. The van der Waals surface area contributed by atoms with E-state index >= 15 is 0 Å². The standard InChI is InChI=1S/C17H25N3O3/c1-5-10-23-15-8-6-14(7-9-15)11-19(3)13-17(22)20(4)12-16(21)18-2/h5-9H,1,10-13H2,2-4H3,(H,18,21)/p+1. The zero-order valence-electron chi connectivity index (χ0n) is 14.1. The zero-order valence-corrected chi connectivity index (χ0v) is 14.1. The second-order valence-corrected chi connectivity index (χ2v) is 5.48. The lowest BCUT2D eigenvalue weighted by Gasteiger charge is -2.19. The number of carbonyl (C=O) groups is 2. The third kappa shape index (κ3) is 6.97. The van der Waals surface area contributed by atoms with E-state index in [1.165, 1.54) is 4.90 Å². The number of hydrogen-bond acceptors (Lipinski definition) is 3. The number of carbonyl (C=O) groups excluding carboxylic acids is 2. The minimum atomic E-state index is -0.173. The van der Waals surface area contributed by atoms with Crippen LogP contribution in [-0.2, 0) is 16.1 Å². The highest BCUT2D eigenvalue weighted by molar-refractivity contribution is 5.84. The predicted octanol–water partition coefficient (Wildman–Crippen LogP) is -0.529. The van der Waals surface area contributed by atoms with E-state index in [1.807, 2.05) is 31.3 Å². The summed E-state index contributed by atoms with van der Waals surface area (Å²) < 4.78 is 5.44. The van der Waals surface area contributed by atoms with Crippen molar-refractivity contribution >= 4 is 11.8 Å². The number of likely N-dealkylation sites (N-methyl/N-ethyl adjacent to an activating group) is 3. The van der Waals surface area contributed by atoms with E-state index in [2.05, 4.69) is 11.9 Å². The molecule has 0 saturated carbocycles. The molecule has 1 unspecified atom stereocenters. The third-order valence-corrected chi connectivity index (χ3v) is 3.34. The Morgan fingerprint density at radius 1 is 1.35 bits per heavy atom. The van der Waals surface area contributed by atoms with Crippen LogP contribution in [0.25, 0.3) is 0 Å². The Balaban J connectivity index is 2.46. The molecular formula is C17H26N3O3+. The molecule has 126 valence electrons. The molecule has 0 saturated heterocycles. The number of nitrogens with one attached hydrogen (secondary N) is 2. The maximum atomic E-state index is 12.1. The molecular weight excluding hydrogens is 294 g/mol. The zero-order chi connectivity index (χ0) is 17.2.